The van der Waals surface area contributed by atoms with Gasteiger partial charge in [0.25, 0.3) is 0 Å². The fraction of sp³-hybridized carbons (Fsp3) is 0.350. The number of amides is 2. The molecular weight excluding hydrogens is 427 g/mol. The molecule has 1 saturated heterocycles. The highest BCUT2D eigenvalue weighted by Crippen LogP contribution is 2.19. The second-order valence-electron chi connectivity index (χ2n) is 6.94. The molecule has 0 saturated carbocycles. The zero-order valence-corrected chi connectivity index (χ0v) is 17.1. The number of carbonyl (C=O) groups excluding carboxylic acids is 2. The Labute approximate surface area is 171 Å². The average Bonchev–Trinajstić information content (AvgIpc) is 2.66. The van der Waals surface area contributed by atoms with Crippen molar-refractivity contribution in [2.75, 3.05) is 30.3 Å². The molecule has 3 rings (SSSR count). The minimum atomic E-state index is -0.353. The summed E-state index contributed by atoms with van der Waals surface area (Å²) in [6.07, 6.45) is 3.23. The molecule has 2 N–H and O–H groups in total. The second-order valence-corrected chi connectivity index (χ2v) is 7.85. The Morgan fingerprint density at radius 1 is 1.29 bits per heavy atom. The van der Waals surface area contributed by atoms with Crippen LogP contribution in [0.1, 0.15) is 18.4 Å². The molecular formula is C20H22BrFN4O2. The number of hydrogen-bond donors (Lipinski definition) is 2. The number of aryl methyl sites for hydroxylation is 1. The van der Waals surface area contributed by atoms with Gasteiger partial charge in [-0.15, -0.1) is 0 Å². The van der Waals surface area contributed by atoms with Crippen LogP contribution in [0.3, 0.4) is 0 Å². The van der Waals surface area contributed by atoms with Gasteiger partial charge in [-0.25, -0.2) is 9.37 Å². The number of nitrogens with one attached hydrogen (secondary N) is 2. The Morgan fingerprint density at radius 2 is 2.11 bits per heavy atom. The molecule has 6 nitrogen and oxygen atoms in total. The number of rotatable bonds is 5. The van der Waals surface area contributed by atoms with Crippen LogP contribution in [0.5, 0.6) is 0 Å². The highest BCUT2D eigenvalue weighted by atomic mass is 79.9. The van der Waals surface area contributed by atoms with Crippen molar-refractivity contribution in [3.05, 3.63) is 52.4 Å². The van der Waals surface area contributed by atoms with Gasteiger partial charge in [0.05, 0.1) is 12.5 Å². The monoisotopic (exact) mass is 448 g/mol. The third-order valence-corrected chi connectivity index (χ3v) is 5.15. The molecule has 2 aromatic rings. The van der Waals surface area contributed by atoms with Gasteiger partial charge in [-0.2, -0.15) is 0 Å². The van der Waals surface area contributed by atoms with E-state index in [0.717, 1.165) is 23.9 Å². The van der Waals surface area contributed by atoms with Crippen LogP contribution in [-0.4, -0.2) is 41.3 Å². The number of likely N-dealkylation sites (tertiary alicyclic amines) is 1. The summed E-state index contributed by atoms with van der Waals surface area (Å²) in [4.78, 5) is 30.9. The van der Waals surface area contributed by atoms with E-state index in [1.54, 1.807) is 31.3 Å². The van der Waals surface area contributed by atoms with Crippen LogP contribution in [0.4, 0.5) is 15.9 Å². The van der Waals surface area contributed by atoms with Crippen molar-refractivity contribution in [3.63, 3.8) is 0 Å². The van der Waals surface area contributed by atoms with Crippen molar-refractivity contribution in [2.24, 2.45) is 5.92 Å². The second kappa shape index (κ2) is 9.25. The van der Waals surface area contributed by atoms with E-state index in [2.05, 4.69) is 31.5 Å². The van der Waals surface area contributed by atoms with Crippen LogP contribution in [0.15, 0.2) is 41.0 Å². The smallest absolute Gasteiger partial charge is 0.238 e. The van der Waals surface area contributed by atoms with E-state index >= 15 is 0 Å². The molecule has 1 aliphatic rings. The fourth-order valence-electron chi connectivity index (χ4n) is 3.17. The predicted octanol–water partition coefficient (Wildman–Crippen LogP) is 3.58. The van der Waals surface area contributed by atoms with Gasteiger partial charge >= 0.3 is 0 Å². The maximum absolute atomic E-state index is 13.6. The van der Waals surface area contributed by atoms with E-state index in [0.29, 0.717) is 23.6 Å². The van der Waals surface area contributed by atoms with E-state index in [1.807, 2.05) is 11.0 Å². The largest absolute Gasteiger partial charge is 0.325 e. The summed E-state index contributed by atoms with van der Waals surface area (Å²) in [5.74, 6) is -0.373. The third-order valence-electron chi connectivity index (χ3n) is 4.68. The lowest BCUT2D eigenvalue weighted by Gasteiger charge is -2.31. The molecule has 0 bridgehead atoms. The van der Waals surface area contributed by atoms with E-state index in [4.69, 9.17) is 0 Å². The van der Waals surface area contributed by atoms with Gasteiger partial charge < -0.3 is 10.6 Å². The number of halogens is 2. The first-order valence-corrected chi connectivity index (χ1v) is 9.91. The van der Waals surface area contributed by atoms with Crippen molar-refractivity contribution in [1.29, 1.82) is 0 Å². The standard InChI is InChI=1S/C20H22BrFN4O2/c1-13-4-6-16(9-17(13)22)24-19(27)12-26-8-2-3-14(11-26)20(28)25-18-7-5-15(21)10-23-18/h4-7,9-10,14H,2-3,8,11-12H2,1H3,(H,24,27)(H,23,25,28). The Hall–Kier alpha value is -2.32. The van der Waals surface area contributed by atoms with Crippen LogP contribution in [-0.2, 0) is 9.59 Å². The third kappa shape index (κ3) is 5.59. The molecule has 1 aromatic heterocycles. The van der Waals surface area contributed by atoms with E-state index in [-0.39, 0.29) is 30.1 Å². The number of benzene rings is 1. The lowest BCUT2D eigenvalue weighted by atomic mass is 9.97. The summed E-state index contributed by atoms with van der Waals surface area (Å²) >= 11 is 3.31. The normalized spacial score (nSPS) is 17.2. The first-order chi connectivity index (χ1) is 13.4. The summed E-state index contributed by atoms with van der Waals surface area (Å²) in [7, 11) is 0. The van der Waals surface area contributed by atoms with Crippen molar-refractivity contribution < 1.29 is 14.0 Å². The molecule has 2 amide bonds. The van der Waals surface area contributed by atoms with E-state index in [9.17, 15) is 14.0 Å². The summed E-state index contributed by atoms with van der Waals surface area (Å²) < 4.78 is 14.5. The van der Waals surface area contributed by atoms with Crippen LogP contribution in [0.2, 0.25) is 0 Å². The molecule has 1 fully saturated rings. The minimum Gasteiger partial charge on any atom is -0.325 e. The van der Waals surface area contributed by atoms with Gasteiger partial charge in [0.2, 0.25) is 11.8 Å². The van der Waals surface area contributed by atoms with E-state index < -0.39 is 0 Å². The Kier molecular flexibility index (Phi) is 6.74. The zero-order chi connectivity index (χ0) is 20.1. The molecule has 8 heteroatoms. The molecule has 2 heterocycles. The Morgan fingerprint density at radius 3 is 2.82 bits per heavy atom. The molecule has 0 radical (unpaired) electrons. The molecule has 1 atom stereocenters. The van der Waals surface area contributed by atoms with Crippen molar-refractivity contribution in [3.8, 4) is 0 Å². The molecule has 1 aromatic carbocycles. The summed E-state index contributed by atoms with van der Waals surface area (Å²) in [5.41, 5.74) is 0.962. The molecule has 0 aliphatic carbocycles. The molecule has 1 unspecified atom stereocenters. The quantitative estimate of drug-likeness (QED) is 0.732. The predicted molar refractivity (Wildman–Crippen MR) is 109 cm³/mol. The molecule has 148 valence electrons. The summed E-state index contributed by atoms with van der Waals surface area (Å²) in [5, 5.41) is 5.54. The molecule has 0 spiro atoms. The SMILES string of the molecule is Cc1ccc(NC(=O)CN2CCCC(C(=O)Nc3ccc(Br)cn3)C2)cc1F. The van der Waals surface area contributed by atoms with Crippen LogP contribution in [0.25, 0.3) is 0 Å². The van der Waals surface area contributed by atoms with Gasteiger partial charge in [0.15, 0.2) is 0 Å². The van der Waals surface area contributed by atoms with Gasteiger partial charge in [-0.3, -0.25) is 14.5 Å². The first-order valence-electron chi connectivity index (χ1n) is 9.11. The summed E-state index contributed by atoms with van der Waals surface area (Å²) in [6, 6.07) is 8.16. The van der Waals surface area contributed by atoms with Crippen molar-refractivity contribution >= 4 is 39.2 Å². The lowest BCUT2D eigenvalue weighted by molar-refractivity contribution is -0.123. The lowest BCUT2D eigenvalue weighted by Crippen LogP contribution is -2.44. The maximum Gasteiger partial charge on any atom is 0.238 e. The average molecular weight is 449 g/mol. The number of aromatic nitrogens is 1. The van der Waals surface area contributed by atoms with Gasteiger partial charge in [-0.1, -0.05) is 6.07 Å². The summed E-state index contributed by atoms with van der Waals surface area (Å²) in [6.45, 7) is 3.08. The maximum atomic E-state index is 13.6. The fourth-order valence-corrected chi connectivity index (χ4v) is 3.40. The van der Waals surface area contributed by atoms with Crippen molar-refractivity contribution in [2.45, 2.75) is 19.8 Å². The Bertz CT molecular complexity index is 860. The Balaban J connectivity index is 1.52. The number of piperidine rings is 1. The van der Waals surface area contributed by atoms with Gasteiger partial charge in [0.1, 0.15) is 11.6 Å². The van der Waals surface area contributed by atoms with Gasteiger partial charge in [-0.05, 0) is 72.1 Å². The number of nitrogens with zero attached hydrogens (tertiary/aromatic N) is 2. The highest BCUT2D eigenvalue weighted by molar-refractivity contribution is 9.10. The number of pyridine rings is 1. The topological polar surface area (TPSA) is 74.3 Å². The van der Waals surface area contributed by atoms with E-state index in [1.165, 1.54) is 6.07 Å². The van der Waals surface area contributed by atoms with Crippen LogP contribution < -0.4 is 10.6 Å². The van der Waals surface area contributed by atoms with Crippen LogP contribution in [0, 0.1) is 18.7 Å². The first kappa shape index (κ1) is 20.4. The number of anilines is 2. The van der Waals surface area contributed by atoms with Gasteiger partial charge in [0, 0.05) is 22.9 Å². The number of hydrogen-bond acceptors (Lipinski definition) is 4. The van der Waals surface area contributed by atoms with Crippen molar-refractivity contribution in [1.82, 2.24) is 9.88 Å². The minimum absolute atomic E-state index is 0.0967. The number of carbonyl (C=O) groups is 2. The molecule has 1 aliphatic heterocycles. The van der Waals surface area contributed by atoms with Crippen LogP contribution >= 0.6 is 15.9 Å². The zero-order valence-electron chi connectivity index (χ0n) is 15.5. The molecule has 28 heavy (non-hydrogen) atoms. The highest BCUT2D eigenvalue weighted by Gasteiger charge is 2.27.